The molecule has 144 valence electrons. The number of aryl methyl sites for hydroxylation is 1. The Hall–Kier alpha value is -3.61. The summed E-state index contributed by atoms with van der Waals surface area (Å²) in [6.45, 7) is 1.87. The van der Waals surface area contributed by atoms with Crippen molar-refractivity contribution < 1.29 is 9.53 Å². The predicted octanol–water partition coefficient (Wildman–Crippen LogP) is 2.53. The second-order valence-electron chi connectivity index (χ2n) is 6.46. The summed E-state index contributed by atoms with van der Waals surface area (Å²) in [5.74, 6) is -0.246. The molecule has 28 heavy (non-hydrogen) atoms. The van der Waals surface area contributed by atoms with E-state index in [1.165, 1.54) is 7.11 Å². The number of benzene rings is 2. The summed E-state index contributed by atoms with van der Waals surface area (Å²) in [5, 5.41) is 7.48. The van der Waals surface area contributed by atoms with Gasteiger partial charge in [-0.1, -0.05) is 36.4 Å². The normalized spacial score (nSPS) is 10.6. The van der Waals surface area contributed by atoms with Crippen molar-refractivity contribution >= 4 is 11.8 Å². The van der Waals surface area contributed by atoms with Gasteiger partial charge in [0, 0.05) is 17.7 Å². The minimum atomic E-state index is -0.248. The third-order valence-electron chi connectivity index (χ3n) is 4.66. The Labute approximate surface area is 162 Å². The molecule has 0 fully saturated rings. The highest BCUT2D eigenvalue weighted by molar-refractivity contribution is 5.95. The first-order chi connectivity index (χ1) is 13.4. The molecule has 4 N–H and O–H groups in total. The van der Waals surface area contributed by atoms with Crippen molar-refractivity contribution in [3.05, 3.63) is 75.8 Å². The van der Waals surface area contributed by atoms with Crippen LogP contribution in [0.3, 0.4) is 0 Å². The first kappa shape index (κ1) is 19.2. The number of ether oxygens (including phenoxy) is 1. The Kier molecular flexibility index (Phi) is 5.44. The lowest BCUT2D eigenvalue weighted by Crippen LogP contribution is -2.15. The number of amidine groups is 1. The monoisotopic (exact) mass is 378 g/mol. The highest BCUT2D eigenvalue weighted by atomic mass is 16.5. The number of imidazole rings is 1. The lowest BCUT2D eigenvalue weighted by atomic mass is 10.1. The van der Waals surface area contributed by atoms with Crippen LogP contribution in [0.15, 0.2) is 53.3 Å². The highest BCUT2D eigenvalue weighted by Gasteiger charge is 2.14. The van der Waals surface area contributed by atoms with E-state index in [4.69, 9.17) is 11.1 Å². The average molecular weight is 378 g/mol. The van der Waals surface area contributed by atoms with Crippen LogP contribution in [0.2, 0.25) is 0 Å². The van der Waals surface area contributed by atoms with Gasteiger partial charge >= 0.3 is 11.7 Å². The number of carbonyl (C=O) groups excluding carboxylic acids is 1. The zero-order chi connectivity index (χ0) is 20.3. The molecule has 0 aliphatic rings. The van der Waals surface area contributed by atoms with Gasteiger partial charge in [0.05, 0.1) is 18.5 Å². The number of hydrogen-bond acceptors (Lipinski definition) is 4. The van der Waals surface area contributed by atoms with Gasteiger partial charge in [0.25, 0.3) is 0 Å². The fourth-order valence-corrected chi connectivity index (χ4v) is 3.09. The van der Waals surface area contributed by atoms with Crippen LogP contribution < -0.4 is 11.4 Å². The molecular formula is C21H22N4O3. The predicted molar refractivity (Wildman–Crippen MR) is 108 cm³/mol. The van der Waals surface area contributed by atoms with Crippen LogP contribution in [-0.4, -0.2) is 28.5 Å². The number of nitrogens with zero attached hydrogens (tertiary/aromatic N) is 1. The van der Waals surface area contributed by atoms with E-state index < -0.39 is 0 Å². The van der Waals surface area contributed by atoms with E-state index in [1.54, 1.807) is 16.7 Å². The molecule has 3 rings (SSSR count). The molecular weight excluding hydrogens is 356 g/mol. The van der Waals surface area contributed by atoms with Crippen molar-refractivity contribution in [1.82, 2.24) is 9.55 Å². The number of esters is 1. The van der Waals surface area contributed by atoms with Crippen LogP contribution >= 0.6 is 0 Å². The number of rotatable bonds is 6. The van der Waals surface area contributed by atoms with Crippen molar-refractivity contribution in [3.8, 4) is 16.9 Å². The quantitative estimate of drug-likeness (QED) is 0.347. The summed E-state index contributed by atoms with van der Waals surface area (Å²) >= 11 is 0. The van der Waals surface area contributed by atoms with Crippen LogP contribution in [-0.2, 0) is 16.0 Å². The molecule has 1 aromatic heterocycles. The van der Waals surface area contributed by atoms with Crippen molar-refractivity contribution in [1.29, 1.82) is 5.41 Å². The second kappa shape index (κ2) is 7.96. The van der Waals surface area contributed by atoms with Crippen LogP contribution in [0, 0.1) is 12.3 Å². The zero-order valence-corrected chi connectivity index (χ0v) is 15.8. The first-order valence-electron chi connectivity index (χ1n) is 8.83. The molecule has 0 atom stereocenters. The summed E-state index contributed by atoms with van der Waals surface area (Å²) in [6.07, 6.45) is 0.904. The second-order valence-corrected chi connectivity index (χ2v) is 6.46. The Morgan fingerprint density at radius 3 is 2.36 bits per heavy atom. The molecule has 7 heteroatoms. The number of nitrogen functional groups attached to an aromatic ring is 1. The van der Waals surface area contributed by atoms with Crippen molar-refractivity contribution in [2.24, 2.45) is 5.73 Å². The number of nitrogens with one attached hydrogen (secondary N) is 2. The molecule has 1 heterocycles. The van der Waals surface area contributed by atoms with E-state index in [0.717, 1.165) is 28.2 Å². The van der Waals surface area contributed by atoms with E-state index in [-0.39, 0.29) is 17.5 Å². The fraction of sp³-hybridized carbons (Fsp3) is 0.190. The molecule has 0 spiro atoms. The minimum absolute atomic E-state index is 0.00150. The lowest BCUT2D eigenvalue weighted by molar-refractivity contribution is -0.140. The van der Waals surface area contributed by atoms with Gasteiger partial charge in [-0.2, -0.15) is 0 Å². The molecule has 3 aromatic rings. The number of methoxy groups -OCH3 is 1. The average Bonchev–Trinajstić information content (AvgIpc) is 3.00. The standard InChI is InChI=1S/C21H22N4O3/c1-13-19(15-6-8-16(9-7-15)20(22)23)24-21(27)25(13)17-10-3-14(4-11-17)5-12-18(26)28-2/h3-4,6-11H,5,12H2,1-2H3,(H3,22,23)(H,24,27). The van der Waals surface area contributed by atoms with Gasteiger partial charge in [0.1, 0.15) is 5.84 Å². The van der Waals surface area contributed by atoms with E-state index in [1.807, 2.05) is 43.3 Å². The molecule has 2 aromatic carbocycles. The summed E-state index contributed by atoms with van der Waals surface area (Å²) in [6, 6.07) is 14.7. The molecule has 7 nitrogen and oxygen atoms in total. The minimum Gasteiger partial charge on any atom is -0.469 e. The number of nitrogens with two attached hydrogens (primary N) is 1. The van der Waals surface area contributed by atoms with Gasteiger partial charge in [0.15, 0.2) is 0 Å². The molecule has 0 saturated carbocycles. The third-order valence-corrected chi connectivity index (χ3v) is 4.66. The number of hydrogen-bond donors (Lipinski definition) is 3. The first-order valence-corrected chi connectivity index (χ1v) is 8.83. The summed E-state index contributed by atoms with van der Waals surface area (Å²) in [4.78, 5) is 26.7. The molecule has 0 amide bonds. The van der Waals surface area contributed by atoms with E-state index in [0.29, 0.717) is 18.4 Å². The smallest absolute Gasteiger partial charge is 0.330 e. The maximum Gasteiger partial charge on any atom is 0.330 e. The van der Waals surface area contributed by atoms with Crippen molar-refractivity contribution in [3.63, 3.8) is 0 Å². The molecule has 0 aliphatic carbocycles. The zero-order valence-electron chi connectivity index (χ0n) is 15.8. The number of H-pyrrole nitrogens is 1. The highest BCUT2D eigenvalue weighted by Crippen LogP contribution is 2.23. The van der Waals surface area contributed by atoms with Crippen molar-refractivity contribution in [2.75, 3.05) is 7.11 Å². The van der Waals surface area contributed by atoms with E-state index >= 15 is 0 Å². The van der Waals surface area contributed by atoms with Crippen LogP contribution in [0.4, 0.5) is 0 Å². The SMILES string of the molecule is COC(=O)CCc1ccc(-n2c(C)c(-c3ccc(C(=N)N)cc3)[nH]c2=O)cc1. The Morgan fingerprint density at radius 1 is 1.14 bits per heavy atom. The van der Waals surface area contributed by atoms with Crippen LogP contribution in [0.25, 0.3) is 16.9 Å². The topological polar surface area (TPSA) is 114 Å². The number of aromatic nitrogens is 2. The molecule has 0 radical (unpaired) electrons. The van der Waals surface area contributed by atoms with Crippen LogP contribution in [0.1, 0.15) is 23.2 Å². The summed E-state index contributed by atoms with van der Waals surface area (Å²) in [5.41, 5.74) is 9.97. The van der Waals surface area contributed by atoms with Gasteiger partial charge in [-0.25, -0.2) is 4.79 Å². The largest absolute Gasteiger partial charge is 0.469 e. The van der Waals surface area contributed by atoms with Crippen LogP contribution in [0.5, 0.6) is 0 Å². The maximum atomic E-state index is 12.5. The molecule has 0 aliphatic heterocycles. The van der Waals surface area contributed by atoms with Gasteiger partial charge in [-0.3, -0.25) is 14.8 Å². The lowest BCUT2D eigenvalue weighted by Gasteiger charge is -2.07. The van der Waals surface area contributed by atoms with Gasteiger partial charge < -0.3 is 15.5 Å². The Bertz CT molecular complexity index is 1060. The number of carbonyl (C=O) groups is 1. The molecule has 0 saturated heterocycles. The van der Waals surface area contributed by atoms with Gasteiger partial charge in [0.2, 0.25) is 0 Å². The fourth-order valence-electron chi connectivity index (χ4n) is 3.09. The third kappa shape index (κ3) is 3.88. The van der Waals surface area contributed by atoms with Gasteiger partial charge in [-0.05, 0) is 36.6 Å². The van der Waals surface area contributed by atoms with E-state index in [9.17, 15) is 9.59 Å². The van der Waals surface area contributed by atoms with Gasteiger partial charge in [-0.15, -0.1) is 0 Å². The summed E-state index contributed by atoms with van der Waals surface area (Å²) in [7, 11) is 1.37. The molecule has 0 bridgehead atoms. The van der Waals surface area contributed by atoms with E-state index in [2.05, 4.69) is 9.72 Å². The number of aromatic amines is 1. The molecule has 0 unspecified atom stereocenters. The Balaban J connectivity index is 1.88. The van der Waals surface area contributed by atoms with Crippen molar-refractivity contribution in [2.45, 2.75) is 19.8 Å². The Morgan fingerprint density at radius 2 is 1.79 bits per heavy atom. The summed E-state index contributed by atoms with van der Waals surface area (Å²) < 4.78 is 6.26. The maximum absolute atomic E-state index is 12.5.